The molecule has 0 saturated carbocycles. The van der Waals surface area contributed by atoms with Crippen LogP contribution in [0.4, 0.5) is 5.69 Å². The molecule has 24 heavy (non-hydrogen) atoms. The molecule has 1 amide bonds. The Hall–Kier alpha value is -3.13. The van der Waals surface area contributed by atoms with E-state index < -0.39 is 11.9 Å². The molecule has 0 aliphatic rings. The Morgan fingerprint density at radius 1 is 1.12 bits per heavy atom. The first kappa shape index (κ1) is 17.2. The molecule has 0 atom stereocenters. The maximum atomic E-state index is 12.0. The van der Waals surface area contributed by atoms with Crippen LogP contribution in [0.3, 0.4) is 0 Å². The van der Waals surface area contributed by atoms with Gasteiger partial charge in [0.05, 0.1) is 17.2 Å². The van der Waals surface area contributed by atoms with E-state index in [1.54, 1.807) is 12.1 Å². The fourth-order valence-corrected chi connectivity index (χ4v) is 2.48. The molecule has 122 valence electrons. The van der Waals surface area contributed by atoms with Crippen LogP contribution in [0.15, 0.2) is 36.4 Å². The Bertz CT molecular complexity index is 812. The highest BCUT2D eigenvalue weighted by atomic mass is 16.5. The van der Waals surface area contributed by atoms with E-state index in [2.05, 4.69) is 5.32 Å². The summed E-state index contributed by atoms with van der Waals surface area (Å²) >= 11 is 0. The van der Waals surface area contributed by atoms with E-state index in [1.807, 2.05) is 39.0 Å². The van der Waals surface area contributed by atoms with E-state index in [1.165, 1.54) is 12.1 Å². The van der Waals surface area contributed by atoms with E-state index in [0.29, 0.717) is 5.56 Å². The number of hydrogen-bond acceptors (Lipinski definition) is 4. The van der Waals surface area contributed by atoms with Crippen molar-refractivity contribution in [3.63, 3.8) is 0 Å². The number of benzene rings is 2. The molecule has 0 bridgehead atoms. The Morgan fingerprint density at radius 3 is 2.42 bits per heavy atom. The van der Waals surface area contributed by atoms with Crippen molar-refractivity contribution >= 4 is 17.6 Å². The second-order valence-corrected chi connectivity index (χ2v) is 5.59. The van der Waals surface area contributed by atoms with Gasteiger partial charge in [0.15, 0.2) is 6.61 Å². The van der Waals surface area contributed by atoms with E-state index in [-0.39, 0.29) is 12.2 Å². The molecule has 0 unspecified atom stereocenters. The molecular weight excluding hydrogens is 304 g/mol. The standard InChI is InChI=1S/C19H18N2O3/c1-12-7-13(2)18(14(3)8-12)21-17(22)11-24-19(23)16-6-4-5-15(9-16)10-20/h4-9H,11H2,1-3H3,(H,21,22). The number of rotatable bonds is 4. The third kappa shape index (κ3) is 4.20. The highest BCUT2D eigenvalue weighted by Gasteiger charge is 2.13. The number of aryl methyl sites for hydroxylation is 3. The maximum Gasteiger partial charge on any atom is 0.338 e. The quantitative estimate of drug-likeness (QED) is 0.876. The van der Waals surface area contributed by atoms with Crippen LogP contribution >= 0.6 is 0 Å². The number of carbonyl (C=O) groups excluding carboxylic acids is 2. The summed E-state index contributed by atoms with van der Waals surface area (Å²) in [6.45, 7) is 5.43. The third-order valence-electron chi connectivity index (χ3n) is 3.50. The fourth-order valence-electron chi connectivity index (χ4n) is 2.48. The summed E-state index contributed by atoms with van der Waals surface area (Å²) < 4.78 is 5.00. The topological polar surface area (TPSA) is 79.2 Å². The highest BCUT2D eigenvalue weighted by molar-refractivity contribution is 5.96. The van der Waals surface area contributed by atoms with Crippen molar-refractivity contribution in [1.82, 2.24) is 0 Å². The lowest BCUT2D eigenvalue weighted by Gasteiger charge is -2.13. The summed E-state index contributed by atoms with van der Waals surface area (Å²) in [6, 6.07) is 12.0. The van der Waals surface area contributed by atoms with E-state index in [0.717, 1.165) is 22.4 Å². The van der Waals surface area contributed by atoms with Gasteiger partial charge in [0.1, 0.15) is 0 Å². The number of hydrogen-bond donors (Lipinski definition) is 1. The second-order valence-electron chi connectivity index (χ2n) is 5.59. The molecule has 0 aliphatic heterocycles. The molecule has 0 fully saturated rings. The third-order valence-corrected chi connectivity index (χ3v) is 3.50. The molecule has 0 aliphatic carbocycles. The van der Waals surface area contributed by atoms with Crippen LogP contribution in [0.1, 0.15) is 32.6 Å². The van der Waals surface area contributed by atoms with Gasteiger partial charge in [-0.3, -0.25) is 4.79 Å². The highest BCUT2D eigenvalue weighted by Crippen LogP contribution is 2.21. The summed E-state index contributed by atoms with van der Waals surface area (Å²) in [4.78, 5) is 24.0. The van der Waals surface area contributed by atoms with Gasteiger partial charge in [0.25, 0.3) is 5.91 Å². The SMILES string of the molecule is Cc1cc(C)c(NC(=O)COC(=O)c2cccc(C#N)c2)c(C)c1. The zero-order chi connectivity index (χ0) is 17.7. The zero-order valence-electron chi connectivity index (χ0n) is 13.8. The molecule has 0 aromatic heterocycles. The van der Waals surface area contributed by atoms with Gasteiger partial charge in [0, 0.05) is 5.69 Å². The van der Waals surface area contributed by atoms with Gasteiger partial charge >= 0.3 is 5.97 Å². The summed E-state index contributed by atoms with van der Waals surface area (Å²) in [5.41, 5.74) is 4.35. The lowest BCUT2D eigenvalue weighted by Crippen LogP contribution is -2.22. The Balaban J connectivity index is 1.98. The van der Waals surface area contributed by atoms with Crippen LogP contribution in [0.25, 0.3) is 0 Å². The molecule has 1 N–H and O–H groups in total. The number of carbonyl (C=O) groups is 2. The van der Waals surface area contributed by atoms with Gasteiger partial charge in [0.2, 0.25) is 0 Å². The van der Waals surface area contributed by atoms with Crippen LogP contribution in [0.2, 0.25) is 0 Å². The van der Waals surface area contributed by atoms with Crippen molar-refractivity contribution in [2.24, 2.45) is 0 Å². The molecule has 5 heteroatoms. The number of esters is 1. The van der Waals surface area contributed by atoms with Crippen LogP contribution in [-0.4, -0.2) is 18.5 Å². The van der Waals surface area contributed by atoms with Crippen LogP contribution in [0, 0.1) is 32.1 Å². The fraction of sp³-hybridized carbons (Fsp3) is 0.211. The zero-order valence-corrected chi connectivity index (χ0v) is 13.8. The van der Waals surface area contributed by atoms with E-state index in [9.17, 15) is 9.59 Å². The lowest BCUT2D eigenvalue weighted by molar-refractivity contribution is -0.119. The largest absolute Gasteiger partial charge is 0.452 e. The number of anilines is 1. The molecule has 2 aromatic carbocycles. The lowest BCUT2D eigenvalue weighted by atomic mass is 10.1. The van der Waals surface area contributed by atoms with Crippen LogP contribution in [-0.2, 0) is 9.53 Å². The molecular formula is C19H18N2O3. The minimum atomic E-state index is -0.639. The summed E-state index contributed by atoms with van der Waals surface area (Å²) in [6.07, 6.45) is 0. The minimum absolute atomic E-state index is 0.240. The van der Waals surface area contributed by atoms with E-state index in [4.69, 9.17) is 10.00 Å². The number of nitrogens with zero attached hydrogens (tertiary/aromatic N) is 1. The molecule has 0 heterocycles. The smallest absolute Gasteiger partial charge is 0.338 e. The second kappa shape index (κ2) is 7.42. The van der Waals surface area contributed by atoms with Crippen LogP contribution in [0.5, 0.6) is 0 Å². The average Bonchev–Trinajstić information content (AvgIpc) is 2.56. The number of nitrogens with one attached hydrogen (secondary N) is 1. The first-order valence-corrected chi connectivity index (χ1v) is 7.45. The van der Waals surface area contributed by atoms with Crippen molar-refractivity contribution < 1.29 is 14.3 Å². The summed E-state index contributed by atoms with van der Waals surface area (Å²) in [7, 11) is 0. The van der Waals surface area contributed by atoms with Gasteiger partial charge in [-0.15, -0.1) is 0 Å². The van der Waals surface area contributed by atoms with Gasteiger partial charge in [-0.25, -0.2) is 4.79 Å². The first-order valence-electron chi connectivity index (χ1n) is 7.45. The molecule has 2 aromatic rings. The van der Waals surface area contributed by atoms with Crippen molar-refractivity contribution in [3.8, 4) is 6.07 Å². The van der Waals surface area contributed by atoms with E-state index >= 15 is 0 Å². The van der Waals surface area contributed by atoms with Crippen molar-refractivity contribution in [3.05, 3.63) is 64.2 Å². The number of nitriles is 1. The average molecular weight is 322 g/mol. The predicted octanol–water partition coefficient (Wildman–Crippen LogP) is 3.28. The Kier molecular flexibility index (Phi) is 5.33. The number of amides is 1. The van der Waals surface area contributed by atoms with Gasteiger partial charge in [-0.1, -0.05) is 23.8 Å². The normalized spacial score (nSPS) is 9.92. The molecule has 2 rings (SSSR count). The van der Waals surface area contributed by atoms with Crippen LogP contribution < -0.4 is 5.32 Å². The molecule has 0 saturated heterocycles. The molecule has 0 radical (unpaired) electrons. The maximum absolute atomic E-state index is 12.0. The van der Waals surface area contributed by atoms with Crippen molar-refractivity contribution in [2.75, 3.05) is 11.9 Å². The summed E-state index contributed by atoms with van der Waals surface area (Å²) in [5.74, 6) is -1.05. The van der Waals surface area contributed by atoms with Gasteiger partial charge < -0.3 is 10.1 Å². The monoisotopic (exact) mass is 322 g/mol. The molecule has 0 spiro atoms. The van der Waals surface area contributed by atoms with Crippen molar-refractivity contribution in [2.45, 2.75) is 20.8 Å². The van der Waals surface area contributed by atoms with Crippen molar-refractivity contribution in [1.29, 1.82) is 5.26 Å². The van der Waals surface area contributed by atoms with Gasteiger partial charge in [-0.2, -0.15) is 5.26 Å². The number of ether oxygens (including phenoxy) is 1. The Labute approximate surface area is 140 Å². The summed E-state index contributed by atoms with van der Waals surface area (Å²) in [5, 5.41) is 11.6. The predicted molar refractivity (Wildman–Crippen MR) is 90.7 cm³/mol. The van der Waals surface area contributed by atoms with Gasteiger partial charge in [-0.05, 0) is 50.1 Å². The minimum Gasteiger partial charge on any atom is -0.452 e. The Morgan fingerprint density at radius 2 is 1.79 bits per heavy atom. The first-order chi connectivity index (χ1) is 11.4. The molecule has 5 nitrogen and oxygen atoms in total.